The molecule has 350 valence electrons. The zero-order valence-corrected chi connectivity index (χ0v) is 39.9. The molecule has 0 aliphatic carbocycles. The van der Waals surface area contributed by atoms with E-state index >= 15 is 0 Å². The van der Waals surface area contributed by atoms with E-state index in [2.05, 4.69) is 50.5 Å². The maximum absolute atomic E-state index is 13.0. The average Bonchev–Trinajstić information content (AvgIpc) is 3.23. The Kier molecular flexibility index (Phi) is 38.1. The van der Waals surface area contributed by atoms with E-state index in [9.17, 15) is 29.1 Å². The highest BCUT2D eigenvalue weighted by Crippen LogP contribution is 2.26. The Morgan fingerprint density at radius 1 is 0.450 bits per heavy atom. The lowest BCUT2D eigenvalue weighted by atomic mass is 9.90. The van der Waals surface area contributed by atoms with Crippen LogP contribution in [-0.4, -0.2) is 122 Å². The van der Waals surface area contributed by atoms with Gasteiger partial charge in [-0.2, -0.15) is 50.5 Å². The molecule has 0 saturated heterocycles. The number of nitrogens with two attached hydrogens (primary N) is 1. The number of aliphatic hydroxyl groups excluding tert-OH is 1. The molecule has 0 radical (unpaired) electrons. The number of nitrogens with one attached hydrogen (secondary N) is 1. The highest BCUT2D eigenvalue weighted by atomic mass is 32.2. The zero-order chi connectivity index (χ0) is 44.7. The minimum Gasteiger partial charge on any atom is -0.465 e. The highest BCUT2D eigenvalue weighted by molar-refractivity contribution is 8.13. The Balaban J connectivity index is 6.32. The van der Waals surface area contributed by atoms with E-state index in [1.54, 1.807) is 0 Å². The molecule has 0 atom stereocenters. The molecule has 0 aliphatic heterocycles. The van der Waals surface area contributed by atoms with Crippen molar-refractivity contribution in [1.82, 2.24) is 0 Å². The Morgan fingerprint density at radius 2 is 0.733 bits per heavy atom. The molecule has 0 fully saturated rings. The number of carbonyl (C=O) groups excluding carboxylic acids is 5. The van der Waals surface area contributed by atoms with Gasteiger partial charge in [-0.1, -0.05) is 43.9 Å². The molecule has 0 amide bonds. The molecular weight excluding hydrogens is 873 g/mol. The molecular formula is C41H74N2O12S5. The minimum absolute atomic E-state index is 0.0361. The summed E-state index contributed by atoms with van der Waals surface area (Å²) in [6, 6.07) is 0. The molecule has 0 heterocycles. The second kappa shape index (κ2) is 39.1. The molecule has 4 N–H and O–H groups in total. The summed E-state index contributed by atoms with van der Waals surface area (Å²) < 4.78 is 34.6. The molecule has 0 aromatic rings. The second-order valence-electron chi connectivity index (χ2n) is 15.1. The van der Waals surface area contributed by atoms with Gasteiger partial charge in [0.15, 0.2) is 5.17 Å². The van der Waals surface area contributed by atoms with Crippen molar-refractivity contribution in [2.45, 2.75) is 128 Å². The van der Waals surface area contributed by atoms with E-state index in [0.717, 1.165) is 57.8 Å². The maximum Gasteiger partial charge on any atom is 0.305 e. The smallest absolute Gasteiger partial charge is 0.305 e. The number of hydrogen-bond acceptors (Lipinski definition) is 18. The Hall–Kier alpha value is -1.51. The Bertz CT molecular complexity index is 1130. The number of ether oxygens (including phenoxy) is 6. The van der Waals surface area contributed by atoms with Crippen LogP contribution < -0.4 is 5.73 Å². The molecule has 0 aromatic heterocycles. The zero-order valence-electron chi connectivity index (χ0n) is 35.5. The van der Waals surface area contributed by atoms with E-state index in [1.165, 1.54) is 11.8 Å². The van der Waals surface area contributed by atoms with Crippen LogP contribution in [0.4, 0.5) is 0 Å². The number of hydrogen-bond donors (Lipinski definition) is 7. The van der Waals surface area contributed by atoms with Crippen molar-refractivity contribution in [3.63, 3.8) is 0 Å². The number of thioether (sulfide) groups is 1. The van der Waals surface area contributed by atoms with Crippen molar-refractivity contribution in [2.24, 2.45) is 16.6 Å². The van der Waals surface area contributed by atoms with Crippen molar-refractivity contribution in [1.29, 1.82) is 5.41 Å². The fourth-order valence-corrected chi connectivity index (χ4v) is 6.95. The molecule has 0 aromatic carbocycles. The van der Waals surface area contributed by atoms with Crippen LogP contribution in [0.3, 0.4) is 0 Å². The van der Waals surface area contributed by atoms with Crippen LogP contribution in [0.25, 0.3) is 0 Å². The van der Waals surface area contributed by atoms with Crippen LogP contribution in [0.15, 0.2) is 0 Å². The average molecular weight is 947 g/mol. The standard InChI is InChI=1S/C41H74N2O12S5/c42-39(43)60-25-15-5-10-20-38(49)55-33-41(31-53-36(47)18-8-3-13-23-58,32-54-37(48)19-9-4-14-24-59)28-50-27-40(26-44,29-51-34(45)16-6-1-11-21-56)30-52-35(46)17-7-2-12-22-57/h44,56-59H,1-33H2,(H3,42,43). The summed E-state index contributed by atoms with van der Waals surface area (Å²) in [5, 5.41) is 18.1. The van der Waals surface area contributed by atoms with Gasteiger partial charge in [0, 0.05) is 37.9 Å². The molecule has 0 bridgehead atoms. The number of carbonyl (C=O) groups is 5. The van der Waals surface area contributed by atoms with Gasteiger partial charge >= 0.3 is 29.8 Å². The van der Waals surface area contributed by atoms with Crippen LogP contribution >= 0.6 is 62.3 Å². The molecule has 60 heavy (non-hydrogen) atoms. The van der Waals surface area contributed by atoms with Gasteiger partial charge in [0.05, 0.1) is 30.7 Å². The fraction of sp³-hybridized carbons (Fsp3) is 0.854. The first-order chi connectivity index (χ1) is 28.9. The first-order valence-corrected chi connectivity index (χ1v) is 24.8. The molecule has 0 spiro atoms. The van der Waals surface area contributed by atoms with Crippen molar-refractivity contribution >= 4 is 97.3 Å². The summed E-state index contributed by atoms with van der Waals surface area (Å²) in [6.07, 6.45) is 11.6. The SMILES string of the molecule is N=C(N)SCCCCCC(=O)OCC(COCC(CO)(COC(=O)CCCCCS)COC(=O)CCCCCS)(COC(=O)CCCCCS)COC(=O)CCCCCS. The van der Waals surface area contributed by atoms with Crippen LogP contribution in [0.1, 0.15) is 128 Å². The van der Waals surface area contributed by atoms with E-state index in [0.29, 0.717) is 67.3 Å². The normalized spacial score (nSPS) is 11.6. The number of unbranched alkanes of at least 4 members (excludes halogenated alkanes) is 10. The third kappa shape index (κ3) is 33.1. The highest BCUT2D eigenvalue weighted by Gasteiger charge is 2.40. The van der Waals surface area contributed by atoms with E-state index < -0.39 is 47.3 Å². The third-order valence-corrected chi connectivity index (χ3v) is 11.4. The number of thiol groups is 4. The maximum atomic E-state index is 13.0. The molecule has 0 aliphatic rings. The molecule has 0 unspecified atom stereocenters. The van der Waals surface area contributed by atoms with Gasteiger partial charge < -0.3 is 39.3 Å². The summed E-state index contributed by atoms with van der Waals surface area (Å²) >= 11 is 18.1. The summed E-state index contributed by atoms with van der Waals surface area (Å²) in [7, 11) is 0. The number of rotatable bonds is 41. The van der Waals surface area contributed by atoms with Gasteiger partial charge in [-0.25, -0.2) is 0 Å². The molecule has 19 heteroatoms. The first-order valence-electron chi connectivity index (χ1n) is 21.3. The van der Waals surface area contributed by atoms with Gasteiger partial charge in [0.1, 0.15) is 33.0 Å². The Labute approximate surface area is 384 Å². The number of esters is 5. The Morgan fingerprint density at radius 3 is 1.02 bits per heavy atom. The largest absolute Gasteiger partial charge is 0.465 e. The van der Waals surface area contributed by atoms with Crippen LogP contribution in [0, 0.1) is 16.2 Å². The van der Waals surface area contributed by atoms with Crippen LogP contribution in [-0.2, 0) is 52.4 Å². The first kappa shape index (κ1) is 58.5. The molecule has 0 saturated carbocycles. The van der Waals surface area contributed by atoms with Gasteiger partial charge in [-0.15, -0.1) is 0 Å². The van der Waals surface area contributed by atoms with Crippen molar-refractivity contribution in [3.8, 4) is 0 Å². The lowest BCUT2D eigenvalue weighted by Crippen LogP contribution is -2.46. The number of aliphatic hydroxyl groups is 1. The lowest BCUT2D eigenvalue weighted by molar-refractivity contribution is -0.172. The van der Waals surface area contributed by atoms with Crippen LogP contribution in [0.5, 0.6) is 0 Å². The predicted molar refractivity (Wildman–Crippen MR) is 250 cm³/mol. The third-order valence-electron chi connectivity index (χ3n) is 9.29. The van der Waals surface area contributed by atoms with E-state index in [1.807, 2.05) is 0 Å². The predicted octanol–water partition coefficient (Wildman–Crippen LogP) is 6.83. The van der Waals surface area contributed by atoms with Crippen molar-refractivity contribution < 1.29 is 57.5 Å². The van der Waals surface area contributed by atoms with Gasteiger partial charge in [0.2, 0.25) is 0 Å². The summed E-state index contributed by atoms with van der Waals surface area (Å²) in [5.41, 5.74) is 2.65. The minimum atomic E-state index is -1.38. The second-order valence-corrected chi connectivity index (χ2v) is 18.0. The lowest BCUT2D eigenvalue weighted by Gasteiger charge is -2.35. The molecule has 14 nitrogen and oxygen atoms in total. The van der Waals surface area contributed by atoms with Gasteiger partial charge in [0.25, 0.3) is 0 Å². The molecule has 0 rings (SSSR count). The fourth-order valence-electron chi connectivity index (χ4n) is 5.49. The van der Waals surface area contributed by atoms with Crippen molar-refractivity contribution in [3.05, 3.63) is 0 Å². The topological polar surface area (TPSA) is 211 Å². The summed E-state index contributed by atoms with van der Waals surface area (Å²) in [5.74, 6) is 1.00. The van der Waals surface area contributed by atoms with Crippen molar-refractivity contribution in [2.75, 3.05) is 81.6 Å². The van der Waals surface area contributed by atoms with Gasteiger partial charge in [-0.3, -0.25) is 29.4 Å². The summed E-state index contributed by atoms with van der Waals surface area (Å²) in [6.45, 7) is -2.77. The number of amidine groups is 1. The monoisotopic (exact) mass is 946 g/mol. The van der Waals surface area contributed by atoms with Crippen LogP contribution in [0.2, 0.25) is 0 Å². The van der Waals surface area contributed by atoms with Gasteiger partial charge in [-0.05, 0) is 87.2 Å². The summed E-state index contributed by atoms with van der Waals surface area (Å²) in [4.78, 5) is 64.3. The van der Waals surface area contributed by atoms with E-state index in [4.69, 9.17) is 39.6 Å². The van der Waals surface area contributed by atoms with E-state index in [-0.39, 0.29) is 83.5 Å². The quantitative estimate of drug-likeness (QED) is 0.00837.